The van der Waals surface area contributed by atoms with E-state index < -0.39 is 18.0 Å². The van der Waals surface area contributed by atoms with Crippen molar-refractivity contribution in [2.45, 2.75) is 6.30 Å². The van der Waals surface area contributed by atoms with Crippen LogP contribution < -0.4 is 5.69 Å². The molecule has 1 unspecified atom stereocenters. The van der Waals surface area contributed by atoms with Gasteiger partial charge in [0.2, 0.25) is 0 Å². The Hall–Kier alpha value is -1.72. The molecule has 0 saturated heterocycles. The molecule has 0 bridgehead atoms. The number of aromatic nitrogens is 2. The number of carboxylic acid groups (broad SMARTS) is 1. The molecule has 1 heterocycles. The van der Waals surface area contributed by atoms with E-state index in [1.807, 2.05) is 0 Å². The molecule has 0 aliphatic carbocycles. The Kier molecular flexibility index (Phi) is 2.18. The average Bonchev–Trinajstić information content (AvgIpc) is 2.04. The number of hydrogen-bond donors (Lipinski definition) is 1. The molecule has 0 aromatic carbocycles. The Morgan fingerprint density at radius 3 is 2.92 bits per heavy atom. The summed E-state index contributed by atoms with van der Waals surface area (Å²) in [5.74, 6) is -1.72. The Balaban J connectivity index is 3.11. The van der Waals surface area contributed by atoms with E-state index in [9.17, 15) is 14.0 Å². The van der Waals surface area contributed by atoms with Gasteiger partial charge in [-0.2, -0.15) is 0 Å². The zero-order valence-corrected chi connectivity index (χ0v) is 5.85. The van der Waals surface area contributed by atoms with Gasteiger partial charge >= 0.3 is 11.7 Å². The highest BCUT2D eigenvalue weighted by Gasteiger charge is 2.18. The van der Waals surface area contributed by atoms with Crippen molar-refractivity contribution >= 4 is 5.97 Å². The number of rotatable bonds is 2. The predicted molar refractivity (Wildman–Crippen MR) is 36.3 cm³/mol. The highest BCUT2D eigenvalue weighted by Crippen LogP contribution is 2.02. The van der Waals surface area contributed by atoms with Crippen molar-refractivity contribution in [1.29, 1.82) is 0 Å². The largest absolute Gasteiger partial charge is 0.478 e. The van der Waals surface area contributed by atoms with Crippen LogP contribution in [0.15, 0.2) is 23.3 Å². The topological polar surface area (TPSA) is 72.2 Å². The van der Waals surface area contributed by atoms with Crippen molar-refractivity contribution in [3.05, 3.63) is 28.9 Å². The van der Waals surface area contributed by atoms with E-state index in [-0.39, 0.29) is 0 Å². The summed E-state index contributed by atoms with van der Waals surface area (Å²) in [7, 11) is 0. The van der Waals surface area contributed by atoms with E-state index in [0.717, 1.165) is 12.4 Å². The number of nitrogens with zero attached hydrogens (tertiary/aromatic N) is 2. The molecule has 0 saturated carbocycles. The molecule has 64 valence electrons. The lowest BCUT2D eigenvalue weighted by molar-refractivity contribution is -0.146. The fourth-order valence-electron chi connectivity index (χ4n) is 0.660. The molecule has 0 amide bonds. The van der Waals surface area contributed by atoms with Crippen molar-refractivity contribution in [2.24, 2.45) is 0 Å². The van der Waals surface area contributed by atoms with E-state index in [0.29, 0.717) is 4.57 Å². The molecule has 1 aromatic rings. The molecule has 0 fully saturated rings. The Morgan fingerprint density at radius 2 is 2.42 bits per heavy atom. The molecule has 12 heavy (non-hydrogen) atoms. The van der Waals surface area contributed by atoms with Crippen LogP contribution in [0.4, 0.5) is 4.39 Å². The maximum atomic E-state index is 12.6. The van der Waals surface area contributed by atoms with Gasteiger partial charge in [0.25, 0.3) is 6.30 Å². The molecule has 1 aromatic heterocycles. The van der Waals surface area contributed by atoms with E-state index >= 15 is 0 Å². The third-order valence-corrected chi connectivity index (χ3v) is 1.19. The number of carboxylic acids is 1. The minimum atomic E-state index is -2.37. The average molecular weight is 172 g/mol. The maximum Gasteiger partial charge on any atom is 0.360 e. The molecule has 5 nitrogen and oxygen atoms in total. The van der Waals surface area contributed by atoms with Crippen LogP contribution in [0.1, 0.15) is 6.30 Å². The minimum Gasteiger partial charge on any atom is -0.478 e. The van der Waals surface area contributed by atoms with Gasteiger partial charge in [-0.1, -0.05) is 0 Å². The number of aliphatic carboxylic acids is 1. The Labute approximate surface area is 66.1 Å². The van der Waals surface area contributed by atoms with Crippen LogP contribution in [0.3, 0.4) is 0 Å². The van der Waals surface area contributed by atoms with Gasteiger partial charge in [-0.15, -0.1) is 0 Å². The summed E-state index contributed by atoms with van der Waals surface area (Å²) in [5, 5.41) is 8.20. The maximum absolute atomic E-state index is 12.6. The molecular formula is C6H5FN2O3. The molecule has 1 rings (SSSR count). The molecule has 1 atom stereocenters. The molecule has 1 N–H and O–H groups in total. The van der Waals surface area contributed by atoms with Gasteiger partial charge in [-0.3, -0.25) is 4.57 Å². The van der Waals surface area contributed by atoms with Crippen molar-refractivity contribution in [3.63, 3.8) is 0 Å². The summed E-state index contributed by atoms with van der Waals surface area (Å²) in [5.41, 5.74) is -0.924. The quantitative estimate of drug-likeness (QED) is 0.670. The molecular weight excluding hydrogens is 167 g/mol. The first kappa shape index (κ1) is 8.38. The van der Waals surface area contributed by atoms with Crippen molar-refractivity contribution in [2.75, 3.05) is 0 Å². The number of hydrogen-bond acceptors (Lipinski definition) is 3. The normalized spacial score (nSPS) is 12.4. The highest BCUT2D eigenvalue weighted by molar-refractivity contribution is 5.69. The van der Waals surface area contributed by atoms with Crippen LogP contribution in [0.2, 0.25) is 0 Å². The first-order valence-electron chi connectivity index (χ1n) is 3.03. The van der Waals surface area contributed by atoms with Gasteiger partial charge in [0.1, 0.15) is 0 Å². The summed E-state index contributed by atoms with van der Waals surface area (Å²) in [6, 6.07) is 1.27. The van der Waals surface area contributed by atoms with E-state index in [1.165, 1.54) is 6.07 Å². The molecule has 0 aliphatic heterocycles. The van der Waals surface area contributed by atoms with Crippen molar-refractivity contribution in [3.8, 4) is 0 Å². The summed E-state index contributed by atoms with van der Waals surface area (Å²) in [6.45, 7) is 0. The molecule has 6 heteroatoms. The van der Waals surface area contributed by atoms with Crippen LogP contribution in [-0.4, -0.2) is 20.6 Å². The van der Waals surface area contributed by atoms with E-state index in [1.54, 1.807) is 0 Å². The SMILES string of the molecule is O=C(O)C(F)n1cccnc1=O. The third kappa shape index (κ3) is 1.47. The standard InChI is InChI=1S/C6H5FN2O3/c7-4(5(10)11)9-3-1-2-8-6(9)12/h1-4H,(H,10,11). The van der Waals surface area contributed by atoms with Crippen molar-refractivity contribution < 1.29 is 14.3 Å². The number of alkyl halides is 1. The lowest BCUT2D eigenvalue weighted by atomic mass is 10.5. The summed E-state index contributed by atoms with van der Waals surface area (Å²) >= 11 is 0. The van der Waals surface area contributed by atoms with Crippen LogP contribution in [0.5, 0.6) is 0 Å². The van der Waals surface area contributed by atoms with Gasteiger partial charge in [-0.25, -0.2) is 19.0 Å². The summed E-state index contributed by atoms with van der Waals surface area (Å²) in [6.07, 6.45) is -0.187. The zero-order valence-electron chi connectivity index (χ0n) is 5.85. The summed E-state index contributed by atoms with van der Waals surface area (Å²) < 4.78 is 13.0. The fourth-order valence-corrected chi connectivity index (χ4v) is 0.660. The monoisotopic (exact) mass is 172 g/mol. The second kappa shape index (κ2) is 3.12. The minimum absolute atomic E-state index is 0.391. The van der Waals surface area contributed by atoms with Crippen LogP contribution in [0, 0.1) is 0 Å². The lowest BCUT2D eigenvalue weighted by Gasteiger charge is -2.03. The van der Waals surface area contributed by atoms with Gasteiger partial charge in [0, 0.05) is 12.4 Å². The zero-order chi connectivity index (χ0) is 9.14. The third-order valence-electron chi connectivity index (χ3n) is 1.19. The van der Waals surface area contributed by atoms with Crippen LogP contribution in [-0.2, 0) is 4.79 Å². The van der Waals surface area contributed by atoms with Crippen molar-refractivity contribution in [1.82, 2.24) is 9.55 Å². The number of carbonyl (C=O) groups is 1. The van der Waals surface area contributed by atoms with Crippen LogP contribution >= 0.6 is 0 Å². The number of halogens is 1. The Bertz CT molecular complexity index is 349. The highest BCUT2D eigenvalue weighted by atomic mass is 19.1. The van der Waals surface area contributed by atoms with Crippen LogP contribution in [0.25, 0.3) is 0 Å². The lowest BCUT2D eigenvalue weighted by Crippen LogP contribution is -2.28. The van der Waals surface area contributed by atoms with E-state index in [4.69, 9.17) is 5.11 Å². The fraction of sp³-hybridized carbons (Fsp3) is 0.167. The molecule has 0 radical (unpaired) electrons. The second-order valence-corrected chi connectivity index (χ2v) is 1.98. The first-order valence-corrected chi connectivity index (χ1v) is 3.03. The molecule has 0 spiro atoms. The van der Waals surface area contributed by atoms with Gasteiger partial charge < -0.3 is 5.11 Å². The predicted octanol–water partition coefficient (Wildman–Crippen LogP) is -0.204. The Morgan fingerprint density at radius 1 is 1.75 bits per heavy atom. The van der Waals surface area contributed by atoms with Gasteiger partial charge in [-0.05, 0) is 6.07 Å². The molecule has 0 aliphatic rings. The van der Waals surface area contributed by atoms with E-state index in [2.05, 4.69) is 4.98 Å². The second-order valence-electron chi connectivity index (χ2n) is 1.98. The van der Waals surface area contributed by atoms with Gasteiger partial charge in [0.15, 0.2) is 0 Å². The van der Waals surface area contributed by atoms with Gasteiger partial charge in [0.05, 0.1) is 0 Å². The smallest absolute Gasteiger partial charge is 0.360 e. The first-order chi connectivity index (χ1) is 5.63. The summed E-state index contributed by atoms with van der Waals surface area (Å²) in [4.78, 5) is 24.0.